The number of aryl methyl sites for hydroxylation is 3. The van der Waals surface area contributed by atoms with E-state index in [0.29, 0.717) is 10.6 Å². The van der Waals surface area contributed by atoms with E-state index in [1.165, 1.54) is 0 Å². The molecule has 0 radical (unpaired) electrons. The second-order valence-electron chi connectivity index (χ2n) is 6.46. The predicted octanol–water partition coefficient (Wildman–Crippen LogP) is 5.06. The zero-order chi connectivity index (χ0) is 17.9. The summed E-state index contributed by atoms with van der Waals surface area (Å²) in [4.78, 5) is 0.408. The Hall–Kier alpha value is -1.81. The van der Waals surface area contributed by atoms with Gasteiger partial charge in [0, 0.05) is 0 Å². The lowest BCUT2D eigenvalue weighted by Crippen LogP contribution is -2.18. The number of para-hydroxylation sites is 1. The fourth-order valence-electron chi connectivity index (χ4n) is 2.98. The summed E-state index contributed by atoms with van der Waals surface area (Å²) in [7, 11) is -3.62. The summed E-state index contributed by atoms with van der Waals surface area (Å²) in [5, 5.41) is 0. The summed E-state index contributed by atoms with van der Waals surface area (Å²) >= 11 is 0. The van der Waals surface area contributed by atoms with Crippen LogP contribution in [0.25, 0.3) is 0 Å². The smallest absolute Gasteiger partial charge is 0.262 e. The highest BCUT2D eigenvalue weighted by Gasteiger charge is 2.22. The van der Waals surface area contributed by atoms with Crippen molar-refractivity contribution in [2.45, 2.75) is 58.8 Å². The maximum Gasteiger partial charge on any atom is 0.262 e. The van der Waals surface area contributed by atoms with Crippen molar-refractivity contribution in [3.63, 3.8) is 0 Å². The molecule has 0 saturated carbocycles. The third-order valence-electron chi connectivity index (χ3n) is 4.63. The van der Waals surface area contributed by atoms with Crippen LogP contribution in [0.2, 0.25) is 0 Å². The van der Waals surface area contributed by atoms with E-state index in [4.69, 9.17) is 0 Å². The highest BCUT2D eigenvalue weighted by Crippen LogP contribution is 2.29. The standard InChI is InChI=1S/C20H27NO2S/c1-6-7-10-18-11-8-9-12-19(18)21-24(22,23)20-16(4)14(2)13-15(3)17(20)5/h8-9,11-13,21H,6-7,10H2,1-5H3. The SMILES string of the molecule is CCCCc1ccccc1NS(=O)(=O)c1c(C)c(C)cc(C)c1C. The molecule has 0 saturated heterocycles. The maximum atomic E-state index is 13.1. The monoisotopic (exact) mass is 345 g/mol. The Labute approximate surface area is 146 Å². The molecule has 24 heavy (non-hydrogen) atoms. The first-order valence-corrected chi connectivity index (χ1v) is 9.94. The normalized spacial score (nSPS) is 11.5. The Morgan fingerprint density at radius 3 is 2.12 bits per heavy atom. The lowest BCUT2D eigenvalue weighted by Gasteiger charge is -2.18. The minimum Gasteiger partial charge on any atom is -0.279 e. The van der Waals surface area contributed by atoms with Gasteiger partial charge >= 0.3 is 0 Å². The fourth-order valence-corrected chi connectivity index (χ4v) is 4.70. The van der Waals surface area contributed by atoms with E-state index in [1.807, 2.05) is 58.0 Å². The second kappa shape index (κ2) is 7.39. The van der Waals surface area contributed by atoms with Gasteiger partial charge in [0.25, 0.3) is 10.0 Å². The molecule has 130 valence electrons. The van der Waals surface area contributed by atoms with E-state index in [-0.39, 0.29) is 0 Å². The van der Waals surface area contributed by atoms with Crippen LogP contribution in [0.1, 0.15) is 47.6 Å². The van der Waals surface area contributed by atoms with Gasteiger partial charge in [-0.3, -0.25) is 4.72 Å². The molecule has 0 fully saturated rings. The first kappa shape index (κ1) is 18.5. The average Bonchev–Trinajstić information content (AvgIpc) is 2.52. The van der Waals surface area contributed by atoms with Crippen molar-refractivity contribution in [3.8, 4) is 0 Å². The topological polar surface area (TPSA) is 46.2 Å². The van der Waals surface area contributed by atoms with Gasteiger partial charge in [0.15, 0.2) is 0 Å². The van der Waals surface area contributed by atoms with E-state index in [0.717, 1.165) is 47.1 Å². The van der Waals surface area contributed by atoms with Crippen LogP contribution in [0.3, 0.4) is 0 Å². The van der Waals surface area contributed by atoms with Gasteiger partial charge < -0.3 is 0 Å². The van der Waals surface area contributed by atoms with Crippen molar-refractivity contribution in [1.82, 2.24) is 0 Å². The van der Waals surface area contributed by atoms with Crippen molar-refractivity contribution < 1.29 is 8.42 Å². The zero-order valence-electron chi connectivity index (χ0n) is 15.2. The van der Waals surface area contributed by atoms with Crippen LogP contribution in [-0.4, -0.2) is 8.42 Å². The molecule has 0 unspecified atom stereocenters. The van der Waals surface area contributed by atoms with E-state index >= 15 is 0 Å². The minimum absolute atomic E-state index is 0.408. The van der Waals surface area contributed by atoms with Crippen LogP contribution in [-0.2, 0) is 16.4 Å². The summed E-state index contributed by atoms with van der Waals surface area (Å²) in [6.45, 7) is 9.79. The van der Waals surface area contributed by atoms with Crippen molar-refractivity contribution >= 4 is 15.7 Å². The van der Waals surface area contributed by atoms with Gasteiger partial charge in [0.1, 0.15) is 0 Å². The van der Waals surface area contributed by atoms with E-state index in [2.05, 4.69) is 11.6 Å². The molecule has 1 N–H and O–H groups in total. The lowest BCUT2D eigenvalue weighted by molar-refractivity contribution is 0.599. The fraction of sp³-hybridized carbons (Fsp3) is 0.400. The molecule has 4 heteroatoms. The minimum atomic E-state index is -3.62. The van der Waals surface area contributed by atoms with E-state index < -0.39 is 10.0 Å². The Morgan fingerprint density at radius 1 is 0.958 bits per heavy atom. The van der Waals surface area contributed by atoms with E-state index in [9.17, 15) is 8.42 Å². The molecule has 0 atom stereocenters. The molecule has 0 amide bonds. The Morgan fingerprint density at radius 2 is 1.54 bits per heavy atom. The number of hydrogen-bond donors (Lipinski definition) is 1. The van der Waals surface area contributed by atoms with Gasteiger partial charge in [-0.2, -0.15) is 0 Å². The maximum absolute atomic E-state index is 13.1. The largest absolute Gasteiger partial charge is 0.279 e. The molecule has 3 nitrogen and oxygen atoms in total. The molecular formula is C20H27NO2S. The van der Waals surface area contributed by atoms with Crippen molar-refractivity contribution in [2.24, 2.45) is 0 Å². The number of benzene rings is 2. The molecule has 0 heterocycles. The summed E-state index contributed by atoms with van der Waals surface area (Å²) in [6, 6.07) is 9.70. The average molecular weight is 346 g/mol. The number of anilines is 1. The molecule has 2 rings (SSSR count). The molecule has 0 spiro atoms. The van der Waals surface area contributed by atoms with Gasteiger partial charge in [-0.25, -0.2) is 8.42 Å². The Kier molecular flexibility index (Phi) is 5.70. The quantitative estimate of drug-likeness (QED) is 0.795. The number of hydrogen-bond acceptors (Lipinski definition) is 2. The van der Waals surface area contributed by atoms with Gasteiger partial charge in [-0.1, -0.05) is 37.6 Å². The van der Waals surface area contributed by atoms with Gasteiger partial charge in [0.2, 0.25) is 0 Å². The second-order valence-corrected chi connectivity index (χ2v) is 8.07. The molecular weight excluding hydrogens is 318 g/mol. The van der Waals surface area contributed by atoms with Gasteiger partial charge in [0.05, 0.1) is 10.6 Å². The molecule has 0 aliphatic heterocycles. The molecule has 2 aromatic rings. The van der Waals surface area contributed by atoms with Crippen LogP contribution < -0.4 is 4.72 Å². The Bertz CT molecular complexity index is 813. The highest BCUT2D eigenvalue weighted by atomic mass is 32.2. The first-order valence-electron chi connectivity index (χ1n) is 8.46. The number of rotatable bonds is 6. The molecule has 0 bridgehead atoms. The molecule has 0 aromatic heterocycles. The number of nitrogens with one attached hydrogen (secondary N) is 1. The van der Waals surface area contributed by atoms with E-state index in [1.54, 1.807) is 0 Å². The third kappa shape index (κ3) is 3.81. The highest BCUT2D eigenvalue weighted by molar-refractivity contribution is 7.92. The molecule has 2 aromatic carbocycles. The third-order valence-corrected chi connectivity index (χ3v) is 6.27. The van der Waals surface area contributed by atoms with Crippen LogP contribution >= 0.6 is 0 Å². The summed E-state index contributed by atoms with van der Waals surface area (Å²) in [5.74, 6) is 0. The molecule has 0 aliphatic carbocycles. The van der Waals surface area contributed by atoms with Crippen molar-refractivity contribution in [3.05, 3.63) is 58.1 Å². The summed E-state index contributed by atoms with van der Waals surface area (Å²) < 4.78 is 28.9. The summed E-state index contributed by atoms with van der Waals surface area (Å²) in [6.07, 6.45) is 3.00. The van der Waals surface area contributed by atoms with Crippen molar-refractivity contribution in [2.75, 3.05) is 4.72 Å². The first-order chi connectivity index (χ1) is 11.3. The van der Waals surface area contributed by atoms with Crippen LogP contribution in [0.15, 0.2) is 35.2 Å². The predicted molar refractivity (Wildman–Crippen MR) is 101 cm³/mol. The zero-order valence-corrected chi connectivity index (χ0v) is 16.0. The van der Waals surface area contributed by atoms with Gasteiger partial charge in [-0.05, 0) is 74.4 Å². The summed E-state index contributed by atoms with van der Waals surface area (Å²) in [5.41, 5.74) is 5.36. The Balaban J connectivity index is 2.48. The lowest BCUT2D eigenvalue weighted by atomic mass is 10.0. The van der Waals surface area contributed by atoms with Crippen LogP contribution in [0, 0.1) is 27.7 Å². The number of unbranched alkanes of at least 4 members (excludes halogenated alkanes) is 1. The van der Waals surface area contributed by atoms with Crippen LogP contribution in [0.5, 0.6) is 0 Å². The van der Waals surface area contributed by atoms with Gasteiger partial charge in [-0.15, -0.1) is 0 Å². The molecule has 0 aliphatic rings. The van der Waals surface area contributed by atoms with Crippen molar-refractivity contribution in [1.29, 1.82) is 0 Å². The van der Waals surface area contributed by atoms with Crippen LogP contribution in [0.4, 0.5) is 5.69 Å². The number of sulfonamides is 1.